The van der Waals surface area contributed by atoms with E-state index in [1.165, 1.54) is 111 Å². The van der Waals surface area contributed by atoms with E-state index >= 15 is 0 Å². The highest BCUT2D eigenvalue weighted by atomic mass is 15.3. The van der Waals surface area contributed by atoms with Crippen molar-refractivity contribution in [3.63, 3.8) is 0 Å². The Morgan fingerprint density at radius 1 is 0.194 bits per heavy atom. The van der Waals surface area contributed by atoms with Gasteiger partial charge < -0.3 is 4.57 Å². The number of rotatable bonds is 9. The van der Waals surface area contributed by atoms with Gasteiger partial charge in [-0.25, -0.2) is 0 Å². The molecule has 0 N–H and O–H groups in total. The Morgan fingerprint density at radius 2 is 0.491 bits per heavy atom. The highest BCUT2D eigenvalue weighted by molar-refractivity contribution is 6.13. The number of para-hydroxylation sites is 3. The number of aromatic nitrogens is 6. The zero-order chi connectivity index (χ0) is 72.1. The molecule has 15 aromatic carbocycles. The van der Waals surface area contributed by atoms with Crippen LogP contribution in [0.2, 0.25) is 0 Å². The van der Waals surface area contributed by atoms with E-state index in [2.05, 4.69) is 383 Å². The average molecular weight is 1380 g/mol. The lowest BCUT2D eigenvalue weighted by atomic mass is 9.82. The van der Waals surface area contributed by atoms with Crippen LogP contribution in [0.5, 0.6) is 0 Å². The van der Waals surface area contributed by atoms with E-state index in [1.54, 1.807) is 0 Å². The molecule has 0 saturated heterocycles. The molecule has 4 aromatic heterocycles. The van der Waals surface area contributed by atoms with Crippen molar-refractivity contribution in [2.24, 2.45) is 0 Å². The summed E-state index contributed by atoms with van der Waals surface area (Å²) in [6.07, 6.45) is 0. The molecule has 108 heavy (non-hydrogen) atoms. The first-order valence-electron chi connectivity index (χ1n) is 37.7. The average Bonchev–Trinajstić information content (AvgIpc) is 1.59. The SMILES string of the molecule is CC1(C)c2ccccc2-c2cc(-c3ccc4c(c3)c3ccccc3n4-c3cccc(-c4ccc(-c5cccc(-c6nc(-n7c8ccccc8c8cc(-c9ccc%10c(c9)-c9ccccc9C%10(C)C)ccc87)nc(-n7c8ccccc8c8cc(-c9ccc%10c(c9)-c9ccccc9C%10(C)C)ccc87)n6)c5)cc4)c3)ccc21. The predicted molar refractivity (Wildman–Crippen MR) is 448 cm³/mol. The first kappa shape index (κ1) is 62.1. The third kappa shape index (κ3) is 9.10. The second-order valence-electron chi connectivity index (χ2n) is 31.5. The molecule has 0 radical (unpaired) electrons. The second kappa shape index (κ2) is 22.9. The molecule has 0 atom stereocenters. The van der Waals surface area contributed by atoms with E-state index in [0.717, 1.165) is 88.2 Å². The Balaban J connectivity index is 0.648. The maximum absolute atomic E-state index is 5.66. The predicted octanol–water partition coefficient (Wildman–Crippen LogP) is 26.1. The Bertz CT molecular complexity index is 6840. The number of benzene rings is 15. The van der Waals surface area contributed by atoms with Gasteiger partial charge in [0, 0.05) is 59.8 Å². The summed E-state index contributed by atoms with van der Waals surface area (Å²) < 4.78 is 6.92. The lowest BCUT2D eigenvalue weighted by Crippen LogP contribution is -2.14. The van der Waals surface area contributed by atoms with Crippen molar-refractivity contribution < 1.29 is 0 Å². The summed E-state index contributed by atoms with van der Waals surface area (Å²) in [5, 5.41) is 6.95. The van der Waals surface area contributed by atoms with Crippen LogP contribution in [-0.4, -0.2) is 28.7 Å². The van der Waals surface area contributed by atoms with E-state index in [9.17, 15) is 0 Å². The fourth-order valence-corrected chi connectivity index (χ4v) is 19.1. The van der Waals surface area contributed by atoms with Crippen LogP contribution in [0.4, 0.5) is 0 Å². The monoisotopic (exact) mass is 1380 g/mol. The molecular weight excluding hydrogens is 1310 g/mol. The van der Waals surface area contributed by atoms with Crippen molar-refractivity contribution >= 4 is 65.4 Å². The van der Waals surface area contributed by atoms with Crippen LogP contribution in [-0.2, 0) is 16.2 Å². The second-order valence-corrected chi connectivity index (χ2v) is 31.5. The van der Waals surface area contributed by atoms with Crippen molar-refractivity contribution in [1.29, 1.82) is 0 Å². The molecule has 3 aliphatic rings. The number of hydrogen-bond donors (Lipinski definition) is 0. The lowest BCUT2D eigenvalue weighted by Gasteiger charge is -2.21. The molecule has 0 spiro atoms. The minimum atomic E-state index is -0.0793. The molecule has 0 fully saturated rings. The molecule has 0 bridgehead atoms. The van der Waals surface area contributed by atoms with Crippen molar-refractivity contribution in [3.05, 3.63) is 361 Å². The minimum absolute atomic E-state index is 0.0381. The highest BCUT2D eigenvalue weighted by Gasteiger charge is 2.38. The van der Waals surface area contributed by atoms with Crippen LogP contribution in [0.3, 0.4) is 0 Å². The van der Waals surface area contributed by atoms with Crippen LogP contribution in [0.25, 0.3) is 183 Å². The van der Waals surface area contributed by atoms with Crippen LogP contribution >= 0.6 is 0 Å². The van der Waals surface area contributed by atoms with Gasteiger partial charge in [0.15, 0.2) is 5.82 Å². The molecular formula is C102H72N6. The third-order valence-corrected chi connectivity index (χ3v) is 24.6. The van der Waals surface area contributed by atoms with Gasteiger partial charge in [0.05, 0.1) is 33.1 Å². The van der Waals surface area contributed by atoms with Crippen molar-refractivity contribution in [2.45, 2.75) is 57.8 Å². The zero-order valence-electron chi connectivity index (χ0n) is 60.9. The van der Waals surface area contributed by atoms with Crippen molar-refractivity contribution in [1.82, 2.24) is 28.7 Å². The summed E-state index contributed by atoms with van der Waals surface area (Å²) in [5.41, 5.74) is 35.9. The molecule has 19 aromatic rings. The van der Waals surface area contributed by atoms with Crippen molar-refractivity contribution in [2.75, 3.05) is 0 Å². The molecule has 0 unspecified atom stereocenters. The molecule has 22 rings (SSSR count). The molecule has 0 saturated carbocycles. The van der Waals surface area contributed by atoms with Gasteiger partial charge in [0.2, 0.25) is 11.9 Å². The Hall–Kier alpha value is -13.3. The lowest BCUT2D eigenvalue weighted by molar-refractivity contribution is 0.660. The Labute approximate surface area is 626 Å². The third-order valence-electron chi connectivity index (χ3n) is 24.6. The summed E-state index contributed by atoms with van der Waals surface area (Å²) >= 11 is 0. The minimum Gasteiger partial charge on any atom is -0.309 e. The summed E-state index contributed by atoms with van der Waals surface area (Å²) in [6, 6.07) is 121. The Morgan fingerprint density at radius 3 is 0.917 bits per heavy atom. The summed E-state index contributed by atoms with van der Waals surface area (Å²) in [6.45, 7) is 14.1. The molecule has 3 aliphatic carbocycles. The van der Waals surface area contributed by atoms with Gasteiger partial charge >= 0.3 is 0 Å². The van der Waals surface area contributed by atoms with E-state index in [4.69, 9.17) is 15.0 Å². The van der Waals surface area contributed by atoms with E-state index in [-0.39, 0.29) is 16.2 Å². The van der Waals surface area contributed by atoms with Gasteiger partial charge in [-0.2, -0.15) is 15.0 Å². The van der Waals surface area contributed by atoms with E-state index in [1.807, 2.05) is 0 Å². The van der Waals surface area contributed by atoms with Gasteiger partial charge in [0.25, 0.3) is 0 Å². The fraction of sp³-hybridized carbons (Fsp3) is 0.0882. The van der Waals surface area contributed by atoms with Crippen LogP contribution in [0.1, 0.15) is 74.9 Å². The standard InChI is InChI=1S/C102H72N6/c1-100(2)85-31-13-7-25-73(85)79-55-65(41-47-88(79)100)68-44-50-94-82(58-68)76-28-10-16-34-91(76)106(94)72-24-20-22-64(54-72)62-39-37-61(38-40-62)63-21-19-23-71(53-63)97-103-98(107-92-35-17-11-29-77(92)83-59-69(45-51-95(83)107)66-42-48-89-80(56-66)74-26-8-14-32-86(74)101(89,3)4)105-99(104-97)108-93-36-18-12-30-78(93)84-60-70(46-52-96(84)108)67-43-49-90-81(57-67)75-27-9-15-33-87(75)102(90,5)6/h7-60H,1-6H3. The van der Waals surface area contributed by atoms with Crippen LogP contribution in [0.15, 0.2) is 328 Å². The normalized spacial score (nSPS) is 14.1. The fourth-order valence-electron chi connectivity index (χ4n) is 19.1. The summed E-state index contributed by atoms with van der Waals surface area (Å²) in [7, 11) is 0. The van der Waals surface area contributed by atoms with E-state index in [0.29, 0.717) is 17.7 Å². The molecule has 0 amide bonds. The molecule has 0 aliphatic heterocycles. The largest absolute Gasteiger partial charge is 0.309 e. The molecule has 510 valence electrons. The first-order chi connectivity index (χ1) is 52.8. The van der Waals surface area contributed by atoms with E-state index < -0.39 is 0 Å². The maximum atomic E-state index is 5.66. The Kier molecular flexibility index (Phi) is 13.1. The number of hydrogen-bond acceptors (Lipinski definition) is 3. The summed E-state index contributed by atoms with van der Waals surface area (Å²) in [4.78, 5) is 16.9. The van der Waals surface area contributed by atoms with Crippen molar-refractivity contribution in [3.8, 4) is 118 Å². The number of nitrogens with zero attached hydrogens (tertiary/aromatic N) is 6. The topological polar surface area (TPSA) is 53.5 Å². The van der Waals surface area contributed by atoms with Gasteiger partial charge in [0.1, 0.15) is 0 Å². The van der Waals surface area contributed by atoms with Crippen LogP contribution < -0.4 is 0 Å². The molecule has 6 heteroatoms. The van der Waals surface area contributed by atoms with Gasteiger partial charge in [-0.15, -0.1) is 0 Å². The molecule has 6 nitrogen and oxygen atoms in total. The smallest absolute Gasteiger partial charge is 0.240 e. The van der Waals surface area contributed by atoms with Gasteiger partial charge in [-0.1, -0.05) is 278 Å². The van der Waals surface area contributed by atoms with Crippen LogP contribution in [0, 0.1) is 0 Å². The first-order valence-corrected chi connectivity index (χ1v) is 37.7. The molecule has 4 heterocycles. The van der Waals surface area contributed by atoms with Gasteiger partial charge in [-0.3, -0.25) is 9.13 Å². The quantitative estimate of drug-likeness (QED) is 0.145. The zero-order valence-corrected chi connectivity index (χ0v) is 60.9. The maximum Gasteiger partial charge on any atom is 0.240 e. The number of fused-ring (bicyclic) bond motifs is 18. The summed E-state index contributed by atoms with van der Waals surface area (Å²) in [5.74, 6) is 1.63. The highest BCUT2D eigenvalue weighted by Crippen LogP contribution is 2.54. The van der Waals surface area contributed by atoms with Gasteiger partial charge in [-0.05, 0) is 213 Å².